The van der Waals surface area contributed by atoms with Crippen molar-refractivity contribution in [3.8, 4) is 0 Å². The van der Waals surface area contributed by atoms with Gasteiger partial charge in [0.25, 0.3) is 0 Å². The van der Waals surface area contributed by atoms with E-state index in [0.29, 0.717) is 5.65 Å². The molecule has 2 N–H and O–H groups in total. The summed E-state index contributed by atoms with van der Waals surface area (Å²) in [4.78, 5) is 18.6. The number of anilines is 1. The molecule has 3 heterocycles. The van der Waals surface area contributed by atoms with Gasteiger partial charge in [-0.1, -0.05) is 0 Å². The molecule has 0 aromatic carbocycles. The summed E-state index contributed by atoms with van der Waals surface area (Å²) >= 11 is 0. The van der Waals surface area contributed by atoms with Gasteiger partial charge in [0.1, 0.15) is 18.7 Å². The van der Waals surface area contributed by atoms with Gasteiger partial charge in [0.15, 0.2) is 5.65 Å². The summed E-state index contributed by atoms with van der Waals surface area (Å²) in [7, 11) is 0. The van der Waals surface area contributed by atoms with Crippen LogP contribution in [0.25, 0.3) is 5.65 Å². The largest absolute Gasteiger partial charge is 0.368 e. The van der Waals surface area contributed by atoms with Crippen molar-refractivity contribution < 1.29 is 9.53 Å². The first-order valence-corrected chi connectivity index (χ1v) is 5.34. The molecule has 2 unspecified atom stereocenters. The van der Waals surface area contributed by atoms with Gasteiger partial charge >= 0.3 is 0 Å². The van der Waals surface area contributed by atoms with Crippen LogP contribution in [0, 0.1) is 0 Å². The maximum atomic E-state index is 10.6. The van der Waals surface area contributed by atoms with Gasteiger partial charge in [0, 0.05) is 5.56 Å². The Morgan fingerprint density at radius 1 is 1.47 bits per heavy atom. The summed E-state index contributed by atoms with van der Waals surface area (Å²) in [6, 6.07) is 0. The van der Waals surface area contributed by atoms with Crippen LogP contribution in [0.2, 0.25) is 0 Å². The lowest BCUT2D eigenvalue weighted by Crippen LogP contribution is -2.07. The van der Waals surface area contributed by atoms with E-state index in [1.165, 1.54) is 10.8 Å². The Morgan fingerprint density at radius 2 is 2.35 bits per heavy atom. The van der Waals surface area contributed by atoms with Gasteiger partial charge in [-0.2, -0.15) is 9.61 Å². The highest BCUT2D eigenvalue weighted by Crippen LogP contribution is 2.33. The number of aromatic nitrogens is 4. The van der Waals surface area contributed by atoms with Crippen LogP contribution in [0.15, 0.2) is 12.5 Å². The lowest BCUT2D eigenvalue weighted by molar-refractivity contribution is -0.117. The van der Waals surface area contributed by atoms with Crippen LogP contribution >= 0.6 is 0 Å². The zero-order valence-corrected chi connectivity index (χ0v) is 8.98. The van der Waals surface area contributed by atoms with Crippen LogP contribution < -0.4 is 5.73 Å². The van der Waals surface area contributed by atoms with E-state index in [2.05, 4.69) is 15.1 Å². The van der Waals surface area contributed by atoms with E-state index in [9.17, 15) is 4.79 Å². The van der Waals surface area contributed by atoms with Crippen LogP contribution in [0.3, 0.4) is 0 Å². The van der Waals surface area contributed by atoms with Crippen molar-refractivity contribution in [3.05, 3.63) is 18.1 Å². The number of rotatable bonds is 2. The molecule has 0 bridgehead atoms. The van der Waals surface area contributed by atoms with Gasteiger partial charge in [0.2, 0.25) is 5.95 Å². The minimum Gasteiger partial charge on any atom is -0.368 e. The maximum absolute atomic E-state index is 10.6. The number of ether oxygens (including phenoxy) is 1. The summed E-state index contributed by atoms with van der Waals surface area (Å²) in [5.41, 5.74) is 7.16. The summed E-state index contributed by atoms with van der Waals surface area (Å²) in [6.45, 7) is 0. The highest BCUT2D eigenvalue weighted by Gasteiger charge is 2.29. The Kier molecular flexibility index (Phi) is 2.25. The van der Waals surface area contributed by atoms with Crippen molar-refractivity contribution in [1.82, 2.24) is 19.6 Å². The van der Waals surface area contributed by atoms with Crippen LogP contribution in [-0.2, 0) is 9.53 Å². The molecule has 1 aliphatic heterocycles. The number of carbonyl (C=O) groups excluding carboxylic acids is 1. The minimum absolute atomic E-state index is 0.142. The van der Waals surface area contributed by atoms with E-state index in [1.807, 2.05) is 0 Å². The molecule has 2 aromatic heterocycles. The van der Waals surface area contributed by atoms with E-state index in [0.717, 1.165) is 24.7 Å². The molecule has 1 fully saturated rings. The quantitative estimate of drug-likeness (QED) is 0.740. The van der Waals surface area contributed by atoms with Gasteiger partial charge in [0.05, 0.1) is 12.3 Å². The molecule has 2 aromatic rings. The van der Waals surface area contributed by atoms with E-state index >= 15 is 0 Å². The number of nitrogen functional groups attached to an aromatic ring is 1. The van der Waals surface area contributed by atoms with Crippen LogP contribution in [0.1, 0.15) is 24.5 Å². The Morgan fingerprint density at radius 3 is 3.12 bits per heavy atom. The predicted molar refractivity (Wildman–Crippen MR) is 58.1 cm³/mol. The van der Waals surface area contributed by atoms with Crippen LogP contribution in [0.4, 0.5) is 5.95 Å². The summed E-state index contributed by atoms with van der Waals surface area (Å²) < 4.78 is 7.05. The first-order chi connectivity index (χ1) is 8.29. The molecular formula is C10H11N5O2. The molecule has 1 aliphatic rings. The van der Waals surface area contributed by atoms with Gasteiger partial charge in [-0.3, -0.25) is 0 Å². The third-order valence-corrected chi connectivity index (χ3v) is 2.91. The molecule has 7 nitrogen and oxygen atoms in total. The van der Waals surface area contributed by atoms with Crippen molar-refractivity contribution in [2.24, 2.45) is 0 Å². The van der Waals surface area contributed by atoms with Crippen molar-refractivity contribution in [2.45, 2.75) is 25.0 Å². The van der Waals surface area contributed by atoms with Crippen LogP contribution in [-0.4, -0.2) is 32.0 Å². The predicted octanol–water partition coefficient (Wildman–Crippen LogP) is 0.125. The first-order valence-electron chi connectivity index (χ1n) is 5.34. The van der Waals surface area contributed by atoms with Crippen molar-refractivity contribution in [3.63, 3.8) is 0 Å². The number of hydrogen-bond acceptors (Lipinski definition) is 6. The van der Waals surface area contributed by atoms with Crippen molar-refractivity contribution >= 4 is 17.9 Å². The minimum atomic E-state index is -0.325. The molecule has 88 valence electrons. The summed E-state index contributed by atoms with van der Waals surface area (Å²) in [6.07, 6.45) is 4.93. The maximum Gasteiger partial charge on any atom is 0.224 e. The zero-order chi connectivity index (χ0) is 11.8. The van der Waals surface area contributed by atoms with Crippen molar-refractivity contribution in [1.29, 1.82) is 0 Å². The van der Waals surface area contributed by atoms with E-state index < -0.39 is 0 Å². The van der Waals surface area contributed by atoms with Gasteiger partial charge in [-0.15, -0.1) is 0 Å². The fourth-order valence-electron chi connectivity index (χ4n) is 2.07. The molecule has 0 radical (unpaired) electrons. The average molecular weight is 233 g/mol. The van der Waals surface area contributed by atoms with Gasteiger partial charge < -0.3 is 15.3 Å². The molecule has 3 rings (SSSR count). The fraction of sp³-hybridized carbons (Fsp3) is 0.400. The Labute approximate surface area is 96.6 Å². The second-order valence-electron chi connectivity index (χ2n) is 3.94. The number of hydrogen-bond donors (Lipinski definition) is 1. The molecule has 0 spiro atoms. The highest BCUT2D eigenvalue weighted by atomic mass is 16.5. The molecule has 0 aliphatic carbocycles. The monoisotopic (exact) mass is 233 g/mol. The molecule has 2 atom stereocenters. The highest BCUT2D eigenvalue weighted by molar-refractivity contribution is 5.57. The first kappa shape index (κ1) is 10.2. The normalized spacial score (nSPS) is 24.2. The van der Waals surface area contributed by atoms with Gasteiger partial charge in [-0.05, 0) is 12.8 Å². The second-order valence-corrected chi connectivity index (χ2v) is 3.94. The van der Waals surface area contributed by atoms with E-state index in [-0.39, 0.29) is 18.2 Å². The number of carbonyl (C=O) groups is 1. The Bertz CT molecular complexity index is 567. The SMILES string of the molecule is Nc1ncnc2c(C3CCC(C=O)O3)cnn12. The molecular weight excluding hydrogens is 222 g/mol. The molecule has 17 heavy (non-hydrogen) atoms. The number of nitrogens with two attached hydrogens (primary N) is 1. The standard InChI is InChI=1S/C10H11N5O2/c11-10-13-5-12-9-7(3-14-15(9)10)8-2-1-6(4-16)17-8/h3-6,8H,1-2H2,(H2,11,12,13). The molecule has 7 heteroatoms. The third kappa shape index (κ3) is 1.55. The summed E-state index contributed by atoms with van der Waals surface area (Å²) in [5.74, 6) is 0.284. The van der Waals surface area contributed by atoms with E-state index in [4.69, 9.17) is 10.5 Å². The smallest absolute Gasteiger partial charge is 0.224 e. The topological polar surface area (TPSA) is 95.4 Å². The zero-order valence-electron chi connectivity index (χ0n) is 8.98. The third-order valence-electron chi connectivity index (χ3n) is 2.91. The molecule has 0 amide bonds. The number of fused-ring (bicyclic) bond motifs is 1. The number of aldehydes is 1. The summed E-state index contributed by atoms with van der Waals surface area (Å²) in [5, 5.41) is 4.11. The lowest BCUT2D eigenvalue weighted by atomic mass is 10.1. The van der Waals surface area contributed by atoms with Gasteiger partial charge in [-0.25, -0.2) is 9.97 Å². The Hall–Kier alpha value is -2.02. The second kappa shape index (κ2) is 3.77. The number of nitrogens with zero attached hydrogens (tertiary/aromatic N) is 4. The Balaban J connectivity index is 2.01. The molecule has 1 saturated heterocycles. The van der Waals surface area contributed by atoms with Crippen molar-refractivity contribution in [2.75, 3.05) is 5.73 Å². The fourth-order valence-corrected chi connectivity index (χ4v) is 2.07. The lowest BCUT2D eigenvalue weighted by Gasteiger charge is -2.08. The average Bonchev–Trinajstić information content (AvgIpc) is 2.94. The van der Waals surface area contributed by atoms with Crippen LogP contribution in [0.5, 0.6) is 0 Å². The molecule has 0 saturated carbocycles. The van der Waals surface area contributed by atoms with E-state index in [1.54, 1.807) is 6.20 Å².